The molecule has 0 bridgehead atoms. The van der Waals surface area contributed by atoms with E-state index in [4.69, 9.17) is 9.47 Å². The topological polar surface area (TPSA) is 18.5 Å². The van der Waals surface area contributed by atoms with E-state index in [1.165, 1.54) is 61.2 Å². The van der Waals surface area contributed by atoms with Gasteiger partial charge in [0.1, 0.15) is 0 Å². The molecule has 2 aliphatic carbocycles. The van der Waals surface area contributed by atoms with Gasteiger partial charge >= 0.3 is 0 Å². The van der Waals surface area contributed by atoms with Crippen LogP contribution in [0.5, 0.6) is 0 Å². The van der Waals surface area contributed by atoms with Gasteiger partial charge in [-0.1, -0.05) is 120 Å². The summed E-state index contributed by atoms with van der Waals surface area (Å²) in [7, 11) is -2.01. The lowest BCUT2D eigenvalue weighted by Gasteiger charge is -2.35. The van der Waals surface area contributed by atoms with Crippen LogP contribution >= 0.6 is 0 Å². The maximum atomic E-state index is 6.03. The number of rotatable bonds is 8. The van der Waals surface area contributed by atoms with Gasteiger partial charge in [0, 0.05) is 5.54 Å². The number of hydrogen-bond acceptors (Lipinski definition) is 2. The Hall–Kier alpha value is -3.50. The summed E-state index contributed by atoms with van der Waals surface area (Å²) in [4.78, 5) is 0. The highest BCUT2D eigenvalue weighted by atomic mass is 28.3. The van der Waals surface area contributed by atoms with Crippen molar-refractivity contribution in [2.24, 2.45) is 0 Å². The second kappa shape index (κ2) is 12.5. The summed E-state index contributed by atoms with van der Waals surface area (Å²) in [5.74, 6) is 0. The predicted molar refractivity (Wildman–Crippen MR) is 203 cm³/mol. The molecular weight excluding hydrogens is 589 g/mol. The van der Waals surface area contributed by atoms with Crippen LogP contribution in [-0.4, -0.2) is 19.3 Å². The highest BCUT2D eigenvalue weighted by Gasteiger charge is 2.44. The van der Waals surface area contributed by atoms with Gasteiger partial charge in [-0.05, 0) is 117 Å². The zero-order chi connectivity index (χ0) is 33.7. The fourth-order valence-corrected chi connectivity index (χ4v) is 12.5. The average Bonchev–Trinajstić information content (AvgIpc) is 3.55. The zero-order valence-corrected chi connectivity index (χ0v) is 31.2. The van der Waals surface area contributed by atoms with Gasteiger partial charge in [-0.15, -0.1) is 0 Å². The molecule has 0 amide bonds. The van der Waals surface area contributed by atoms with E-state index in [9.17, 15) is 0 Å². The monoisotopic (exact) mass is 640 g/mol. The summed E-state index contributed by atoms with van der Waals surface area (Å²) < 4.78 is 12.1. The molecule has 4 aromatic carbocycles. The Kier molecular flexibility index (Phi) is 8.89. The largest absolute Gasteiger partial charge is 0.371 e. The van der Waals surface area contributed by atoms with Crippen molar-refractivity contribution in [1.82, 2.24) is 0 Å². The highest BCUT2D eigenvalue weighted by Crippen LogP contribution is 2.52. The van der Waals surface area contributed by atoms with Crippen LogP contribution in [0.2, 0.25) is 13.1 Å². The lowest BCUT2D eigenvalue weighted by molar-refractivity contribution is -0.0152. The molecule has 1 unspecified atom stereocenters. The molecule has 1 atom stereocenters. The van der Waals surface area contributed by atoms with E-state index in [0.717, 1.165) is 6.42 Å². The Morgan fingerprint density at radius 1 is 0.638 bits per heavy atom. The molecule has 0 saturated carbocycles. The van der Waals surface area contributed by atoms with Crippen molar-refractivity contribution >= 4 is 19.3 Å². The molecule has 3 heteroatoms. The molecule has 0 saturated heterocycles. The van der Waals surface area contributed by atoms with E-state index >= 15 is 0 Å². The van der Waals surface area contributed by atoms with Gasteiger partial charge in [0.2, 0.25) is 0 Å². The molecule has 0 aromatic heterocycles. The number of ether oxygens (including phenoxy) is 2. The Labute approximate surface area is 284 Å². The van der Waals surface area contributed by atoms with Crippen molar-refractivity contribution in [2.75, 3.05) is 0 Å². The van der Waals surface area contributed by atoms with Crippen molar-refractivity contribution in [1.29, 1.82) is 0 Å². The highest BCUT2D eigenvalue weighted by molar-refractivity contribution is 6.96. The van der Waals surface area contributed by atoms with Crippen LogP contribution in [-0.2, 0) is 29.1 Å². The Morgan fingerprint density at radius 3 is 1.68 bits per heavy atom. The quantitative estimate of drug-likeness (QED) is 0.178. The van der Waals surface area contributed by atoms with E-state index in [1.807, 2.05) is 0 Å². The Balaban J connectivity index is 1.30. The number of fused-ring (bicyclic) bond motifs is 2. The standard InChI is InChI=1S/C44H52O2Si/c1-29-25-39-35(33-21-17-31(18-22-33)27-45-43(3,4)5)13-11-15-37(39)41(29)47(9,10)42-30(2)26-40-36(14-12-16-38(40)42)34-23-19-32(20-24-34)28-46-44(6,7)8/h11-25,41H,26-28H2,1-10H3. The second-order valence-electron chi connectivity index (χ2n) is 16.2. The van der Waals surface area contributed by atoms with E-state index in [2.05, 4.69) is 159 Å². The van der Waals surface area contributed by atoms with Crippen molar-refractivity contribution < 1.29 is 9.47 Å². The van der Waals surface area contributed by atoms with Crippen LogP contribution in [0.4, 0.5) is 0 Å². The summed E-state index contributed by atoms with van der Waals surface area (Å²) >= 11 is 0. The summed E-state index contributed by atoms with van der Waals surface area (Å²) in [6.45, 7) is 23.9. The third-order valence-electron chi connectivity index (χ3n) is 9.83. The minimum absolute atomic E-state index is 0.142. The maximum Gasteiger partial charge on any atom is 0.0930 e. The SMILES string of the molecule is CC1=Cc2c(-c3ccc(COC(C)(C)C)cc3)cccc2C1[Si](C)(C)C1=C(C)Cc2c1cccc2-c1ccc(COC(C)(C)C)cc1. The van der Waals surface area contributed by atoms with E-state index in [1.54, 1.807) is 10.8 Å². The summed E-state index contributed by atoms with van der Waals surface area (Å²) in [6.07, 6.45) is 3.51. The fourth-order valence-electron chi connectivity index (χ4n) is 7.83. The van der Waals surface area contributed by atoms with Crippen molar-refractivity contribution in [3.05, 3.63) is 129 Å². The first-order chi connectivity index (χ1) is 22.1. The van der Waals surface area contributed by atoms with E-state index in [-0.39, 0.29) is 11.2 Å². The maximum absolute atomic E-state index is 6.03. The van der Waals surface area contributed by atoms with Crippen LogP contribution in [0, 0.1) is 0 Å². The number of hydrogen-bond donors (Lipinski definition) is 0. The van der Waals surface area contributed by atoms with Crippen LogP contribution in [0.3, 0.4) is 0 Å². The molecule has 2 nitrogen and oxygen atoms in total. The molecular formula is C44H52O2Si. The first-order valence-corrected chi connectivity index (χ1v) is 20.3. The van der Waals surface area contributed by atoms with Crippen LogP contribution < -0.4 is 0 Å². The molecule has 0 radical (unpaired) electrons. The lowest BCUT2D eigenvalue weighted by atomic mass is 9.95. The third-order valence-corrected chi connectivity index (χ3v) is 14.0. The van der Waals surface area contributed by atoms with Gasteiger partial charge in [-0.3, -0.25) is 0 Å². The minimum atomic E-state index is -2.01. The Morgan fingerprint density at radius 2 is 1.13 bits per heavy atom. The first-order valence-electron chi connectivity index (χ1n) is 17.2. The second-order valence-corrected chi connectivity index (χ2v) is 20.7. The minimum Gasteiger partial charge on any atom is -0.371 e. The van der Waals surface area contributed by atoms with Crippen LogP contribution in [0.1, 0.15) is 94.3 Å². The lowest BCUT2D eigenvalue weighted by Crippen LogP contribution is -2.37. The normalized spacial score (nSPS) is 16.4. The molecule has 244 valence electrons. The zero-order valence-electron chi connectivity index (χ0n) is 30.2. The molecule has 6 rings (SSSR count). The van der Waals surface area contributed by atoms with Gasteiger partial charge in [0.05, 0.1) is 32.5 Å². The molecule has 0 heterocycles. The molecule has 0 spiro atoms. The van der Waals surface area contributed by atoms with Crippen molar-refractivity contribution in [3.63, 3.8) is 0 Å². The van der Waals surface area contributed by atoms with Gasteiger partial charge in [-0.25, -0.2) is 0 Å². The summed E-state index contributed by atoms with van der Waals surface area (Å²) in [5.41, 5.74) is 16.7. The van der Waals surface area contributed by atoms with E-state index in [0.29, 0.717) is 18.8 Å². The number of benzene rings is 4. The number of allylic oxidation sites excluding steroid dienone is 2. The van der Waals surface area contributed by atoms with Crippen molar-refractivity contribution in [2.45, 2.75) is 105 Å². The van der Waals surface area contributed by atoms with Gasteiger partial charge < -0.3 is 9.47 Å². The van der Waals surface area contributed by atoms with Gasteiger partial charge in [0.25, 0.3) is 0 Å². The van der Waals surface area contributed by atoms with Crippen LogP contribution in [0.15, 0.2) is 96.1 Å². The molecule has 2 aliphatic rings. The fraction of sp³-hybridized carbons (Fsp3) is 0.364. The third kappa shape index (κ3) is 6.90. The average molecular weight is 641 g/mol. The molecule has 0 aliphatic heterocycles. The Bertz CT molecular complexity index is 1840. The molecule has 0 fully saturated rings. The summed E-state index contributed by atoms with van der Waals surface area (Å²) in [5, 5.41) is 1.64. The van der Waals surface area contributed by atoms with Crippen LogP contribution in [0.25, 0.3) is 33.5 Å². The summed E-state index contributed by atoms with van der Waals surface area (Å²) in [6, 6.07) is 31.9. The molecule has 0 N–H and O–H groups in total. The van der Waals surface area contributed by atoms with Crippen molar-refractivity contribution in [3.8, 4) is 22.3 Å². The van der Waals surface area contributed by atoms with Gasteiger partial charge in [0.15, 0.2) is 0 Å². The predicted octanol–water partition coefficient (Wildman–Crippen LogP) is 12.0. The first kappa shape index (κ1) is 33.4. The smallest absolute Gasteiger partial charge is 0.0930 e. The molecule has 47 heavy (non-hydrogen) atoms. The molecule has 4 aromatic rings. The van der Waals surface area contributed by atoms with E-state index < -0.39 is 8.07 Å². The van der Waals surface area contributed by atoms with Gasteiger partial charge in [-0.2, -0.15) is 0 Å².